The second-order valence-corrected chi connectivity index (χ2v) is 1.99. The molecule has 3 heteroatoms. The first-order valence-corrected chi connectivity index (χ1v) is 3.16. The van der Waals surface area contributed by atoms with E-state index in [2.05, 4.69) is 5.32 Å². The van der Waals surface area contributed by atoms with Crippen LogP contribution in [0.25, 0.3) is 0 Å². The summed E-state index contributed by atoms with van der Waals surface area (Å²) in [5.74, 6) is 0. The average Bonchev–Trinajstić information content (AvgIpc) is 2.41. The van der Waals surface area contributed by atoms with Crippen LogP contribution in [0.4, 0.5) is 0 Å². The Hall–Kier alpha value is -1.06. The molecule has 0 aliphatic carbocycles. The maximum absolute atomic E-state index is 8.27. The molecule has 0 fully saturated rings. The van der Waals surface area contributed by atoms with Crippen molar-refractivity contribution in [2.75, 3.05) is 6.54 Å². The molecule has 0 spiro atoms. The Labute approximate surface area is 59.7 Å². The number of nitrogens with two attached hydrogens (primary N) is 1. The zero-order valence-electron chi connectivity index (χ0n) is 5.62. The first kappa shape index (κ1) is 7.05. The number of hydroxylamine groups is 1. The van der Waals surface area contributed by atoms with Gasteiger partial charge in [0.05, 0.1) is 0 Å². The fraction of sp³-hybridized carbons (Fsp3) is 0.143. The van der Waals surface area contributed by atoms with Crippen molar-refractivity contribution in [3.63, 3.8) is 0 Å². The second-order valence-electron chi connectivity index (χ2n) is 1.99. The highest BCUT2D eigenvalue weighted by molar-refractivity contribution is 5.28. The van der Waals surface area contributed by atoms with E-state index >= 15 is 0 Å². The van der Waals surface area contributed by atoms with E-state index in [-0.39, 0.29) is 0 Å². The third kappa shape index (κ3) is 2.05. The lowest BCUT2D eigenvalue weighted by Crippen LogP contribution is -2.73. The van der Waals surface area contributed by atoms with E-state index in [1.54, 1.807) is 12.3 Å². The van der Waals surface area contributed by atoms with Crippen LogP contribution in [-0.4, -0.2) is 11.8 Å². The average molecular weight is 139 g/mol. The predicted octanol–water partition coefficient (Wildman–Crippen LogP) is -0.504. The summed E-state index contributed by atoms with van der Waals surface area (Å²) >= 11 is 0. The Bertz CT molecular complexity index is 182. The molecule has 0 aromatic heterocycles. The van der Waals surface area contributed by atoms with Gasteiger partial charge in [0.2, 0.25) is 0 Å². The van der Waals surface area contributed by atoms with Gasteiger partial charge in [-0.2, -0.15) is 5.48 Å². The first-order valence-electron chi connectivity index (χ1n) is 3.16. The second kappa shape index (κ2) is 3.87. The van der Waals surface area contributed by atoms with Gasteiger partial charge in [0, 0.05) is 6.54 Å². The van der Waals surface area contributed by atoms with Crippen LogP contribution >= 0.6 is 0 Å². The standard InChI is InChI=1S/C7H10N2O/c10-9-4-1-2-7-3-5-8-6-7/h1-5,8-10H,6H2/p+1/b4-1-,7-2-. The fourth-order valence-corrected chi connectivity index (χ4v) is 0.745. The Morgan fingerprint density at radius 2 is 2.60 bits per heavy atom. The lowest BCUT2D eigenvalue weighted by molar-refractivity contribution is -0.838. The Morgan fingerprint density at radius 3 is 3.20 bits per heavy atom. The molecule has 0 atom stereocenters. The molecule has 1 aliphatic rings. The number of rotatable bonds is 2. The van der Waals surface area contributed by atoms with Gasteiger partial charge in [-0.05, 0) is 23.9 Å². The third-order valence-electron chi connectivity index (χ3n) is 1.23. The van der Waals surface area contributed by atoms with Gasteiger partial charge >= 0.3 is 0 Å². The molecule has 0 amide bonds. The quantitative estimate of drug-likeness (QED) is 0.451. The van der Waals surface area contributed by atoms with Crippen molar-refractivity contribution in [1.29, 1.82) is 0 Å². The molecule has 0 bridgehead atoms. The minimum absolute atomic E-state index is 0.885. The van der Waals surface area contributed by atoms with Crippen LogP contribution in [0, 0.1) is 0 Å². The van der Waals surface area contributed by atoms with Crippen LogP contribution < -0.4 is 10.8 Å². The summed E-state index contributed by atoms with van der Waals surface area (Å²) in [5, 5.41) is 11.3. The molecule has 4 N–H and O–H groups in total. The Balaban J connectivity index is 2.39. The summed E-state index contributed by atoms with van der Waals surface area (Å²) in [6.07, 6.45) is 9.24. The Kier molecular flexibility index (Phi) is 2.73. The number of hydrogen-bond donors (Lipinski definition) is 3. The lowest BCUT2D eigenvalue weighted by Gasteiger charge is -1.87. The van der Waals surface area contributed by atoms with Gasteiger partial charge in [-0.25, -0.2) is 5.21 Å². The van der Waals surface area contributed by atoms with Crippen molar-refractivity contribution in [3.05, 3.63) is 36.2 Å². The molecule has 0 aromatic carbocycles. The molecule has 1 aliphatic heterocycles. The summed E-state index contributed by atoms with van der Waals surface area (Å²) in [7, 11) is 0. The molecular formula is C7H11N2O+. The predicted molar refractivity (Wildman–Crippen MR) is 38.1 cm³/mol. The van der Waals surface area contributed by atoms with E-state index in [1.165, 1.54) is 5.57 Å². The van der Waals surface area contributed by atoms with Gasteiger partial charge in [0.15, 0.2) is 0 Å². The van der Waals surface area contributed by atoms with Crippen molar-refractivity contribution >= 4 is 0 Å². The number of quaternary nitrogens is 1. The van der Waals surface area contributed by atoms with E-state index in [0.717, 1.165) is 12.0 Å². The van der Waals surface area contributed by atoms with Crippen molar-refractivity contribution < 1.29 is 10.7 Å². The van der Waals surface area contributed by atoms with Crippen molar-refractivity contribution in [2.45, 2.75) is 0 Å². The maximum Gasteiger partial charge on any atom is 0.125 e. The number of hydrogen-bond acceptors (Lipinski definition) is 2. The highest BCUT2D eigenvalue weighted by Gasteiger charge is 1.93. The zero-order chi connectivity index (χ0) is 7.23. The van der Waals surface area contributed by atoms with E-state index in [0.29, 0.717) is 0 Å². The number of nitrogens with one attached hydrogen (secondary N) is 1. The first-order chi connectivity index (χ1) is 4.93. The number of allylic oxidation sites excluding steroid dienone is 2. The summed E-state index contributed by atoms with van der Waals surface area (Å²) in [6.45, 7) is 0.885. The molecule has 0 saturated heterocycles. The molecule has 0 aromatic rings. The molecule has 54 valence electrons. The zero-order valence-corrected chi connectivity index (χ0v) is 5.62. The maximum atomic E-state index is 8.27. The molecule has 1 heterocycles. The topological polar surface area (TPSA) is 48.9 Å². The van der Waals surface area contributed by atoms with Gasteiger partial charge < -0.3 is 5.32 Å². The van der Waals surface area contributed by atoms with Crippen LogP contribution in [0.3, 0.4) is 0 Å². The van der Waals surface area contributed by atoms with Gasteiger partial charge in [0.25, 0.3) is 0 Å². The molecular weight excluding hydrogens is 128 g/mol. The van der Waals surface area contributed by atoms with E-state index in [4.69, 9.17) is 5.21 Å². The smallest absolute Gasteiger partial charge is 0.125 e. The van der Waals surface area contributed by atoms with E-state index < -0.39 is 0 Å². The highest BCUT2D eigenvalue weighted by atomic mass is 16.5. The minimum atomic E-state index is 0.885. The van der Waals surface area contributed by atoms with Crippen molar-refractivity contribution in [2.24, 2.45) is 0 Å². The van der Waals surface area contributed by atoms with Crippen molar-refractivity contribution in [1.82, 2.24) is 5.32 Å². The van der Waals surface area contributed by atoms with E-state index in [1.807, 2.05) is 18.4 Å². The lowest BCUT2D eigenvalue weighted by atomic mass is 10.3. The summed E-state index contributed by atoms with van der Waals surface area (Å²) in [6, 6.07) is 0. The normalized spacial score (nSPS) is 20.7. The molecule has 0 radical (unpaired) electrons. The molecule has 0 saturated carbocycles. The minimum Gasteiger partial charge on any atom is -0.387 e. The third-order valence-corrected chi connectivity index (χ3v) is 1.23. The molecule has 10 heavy (non-hydrogen) atoms. The SMILES string of the molecule is O[NH2+]/C=C\C=C1\C=CNC1. The molecule has 0 unspecified atom stereocenters. The summed E-state index contributed by atoms with van der Waals surface area (Å²) < 4.78 is 0. The van der Waals surface area contributed by atoms with Crippen LogP contribution in [0.2, 0.25) is 0 Å². The highest BCUT2D eigenvalue weighted by Crippen LogP contribution is 1.99. The van der Waals surface area contributed by atoms with Gasteiger partial charge in [0.1, 0.15) is 6.20 Å². The van der Waals surface area contributed by atoms with Gasteiger partial charge in [-0.1, -0.05) is 6.08 Å². The molecule has 3 nitrogen and oxygen atoms in total. The van der Waals surface area contributed by atoms with Crippen LogP contribution in [0.5, 0.6) is 0 Å². The summed E-state index contributed by atoms with van der Waals surface area (Å²) in [5.41, 5.74) is 2.24. The van der Waals surface area contributed by atoms with E-state index in [9.17, 15) is 0 Å². The van der Waals surface area contributed by atoms with Crippen molar-refractivity contribution in [3.8, 4) is 0 Å². The Morgan fingerprint density at radius 1 is 1.70 bits per heavy atom. The van der Waals surface area contributed by atoms with Gasteiger partial charge in [-0.15, -0.1) is 0 Å². The van der Waals surface area contributed by atoms with Crippen LogP contribution in [0.1, 0.15) is 0 Å². The largest absolute Gasteiger partial charge is 0.387 e. The van der Waals surface area contributed by atoms with Crippen LogP contribution in [0.15, 0.2) is 36.2 Å². The molecule has 1 rings (SSSR count). The fourth-order valence-electron chi connectivity index (χ4n) is 0.745. The van der Waals surface area contributed by atoms with Crippen LogP contribution in [-0.2, 0) is 0 Å². The van der Waals surface area contributed by atoms with Gasteiger partial charge in [-0.3, -0.25) is 0 Å². The monoisotopic (exact) mass is 139 g/mol. The summed E-state index contributed by atoms with van der Waals surface area (Å²) in [4.78, 5) is 0.